The van der Waals surface area contributed by atoms with Crippen LogP contribution in [-0.4, -0.2) is 22.7 Å². The van der Waals surface area contributed by atoms with Crippen molar-refractivity contribution in [3.05, 3.63) is 230 Å². The highest BCUT2D eigenvalue weighted by Crippen LogP contribution is 2.61. The van der Waals surface area contributed by atoms with E-state index in [0.29, 0.717) is 0 Å². The molecule has 2 unspecified atom stereocenters. The van der Waals surface area contributed by atoms with Crippen molar-refractivity contribution in [1.29, 1.82) is 0 Å². The van der Waals surface area contributed by atoms with Crippen LogP contribution in [0.25, 0.3) is 66.0 Å². The average molecular weight is 906 g/mol. The minimum atomic E-state index is -2.82. The van der Waals surface area contributed by atoms with Crippen molar-refractivity contribution in [3.8, 4) is 11.4 Å². The molecule has 12 aromatic rings. The SMILES string of the molecule is CC12CCCCC1(C)N(c1ccc3c(c1)c1cc4oc5ccccc5c4cc1n3-c1cccc([Si](c3ccccc3)(c3ccccc3)c3ccccc3)c1)c1cc(-n3ccc4ccccc43)ccc12. The third-order valence-corrected chi connectivity index (χ3v) is 21.4. The summed E-state index contributed by atoms with van der Waals surface area (Å²) in [6.45, 7) is 5.07. The summed E-state index contributed by atoms with van der Waals surface area (Å²) in [5, 5.41) is 11.3. The van der Waals surface area contributed by atoms with E-state index in [1.165, 1.54) is 95.3 Å². The Balaban J connectivity index is 1.02. The lowest BCUT2D eigenvalue weighted by Crippen LogP contribution is -2.74. The Hall–Kier alpha value is -7.86. The van der Waals surface area contributed by atoms with Gasteiger partial charge in [0.1, 0.15) is 11.2 Å². The zero-order valence-electron chi connectivity index (χ0n) is 38.9. The van der Waals surface area contributed by atoms with Gasteiger partial charge in [-0.25, -0.2) is 0 Å². The average Bonchev–Trinajstić information content (AvgIpc) is 4.14. The third-order valence-electron chi connectivity index (χ3n) is 16.6. The first-order valence-corrected chi connectivity index (χ1v) is 26.6. The molecule has 1 saturated carbocycles. The van der Waals surface area contributed by atoms with Crippen molar-refractivity contribution in [2.45, 2.75) is 50.5 Å². The molecule has 0 spiro atoms. The molecule has 4 heterocycles. The zero-order chi connectivity index (χ0) is 45.9. The smallest absolute Gasteiger partial charge is 0.179 e. The van der Waals surface area contributed by atoms with E-state index in [2.05, 4.69) is 252 Å². The molecule has 2 aliphatic rings. The lowest BCUT2D eigenvalue weighted by molar-refractivity contribution is 0.195. The molecule has 1 aliphatic carbocycles. The number of furan rings is 1. The number of para-hydroxylation sites is 2. The Morgan fingerprint density at radius 3 is 1.86 bits per heavy atom. The molecule has 9 aromatic carbocycles. The van der Waals surface area contributed by atoms with Crippen molar-refractivity contribution in [1.82, 2.24) is 9.13 Å². The molecule has 3 aromatic heterocycles. The van der Waals surface area contributed by atoms with Gasteiger partial charge in [0, 0.05) is 55.9 Å². The molecule has 332 valence electrons. The summed E-state index contributed by atoms with van der Waals surface area (Å²) in [6.07, 6.45) is 6.98. The Kier molecular flexibility index (Phi) is 8.79. The first-order chi connectivity index (χ1) is 33.9. The fourth-order valence-electron chi connectivity index (χ4n) is 13.2. The van der Waals surface area contributed by atoms with Gasteiger partial charge in [-0.1, -0.05) is 165 Å². The summed E-state index contributed by atoms with van der Waals surface area (Å²) in [6, 6.07) is 81.9. The fraction of sp³-hybridized carbons (Fsp3) is 0.125. The van der Waals surface area contributed by atoms with Gasteiger partial charge in [-0.05, 0) is 124 Å². The number of benzene rings is 9. The molecule has 0 saturated heterocycles. The van der Waals surface area contributed by atoms with E-state index in [4.69, 9.17) is 4.42 Å². The number of nitrogens with zero attached hydrogens (tertiary/aromatic N) is 3. The molecule has 0 N–H and O–H groups in total. The Morgan fingerprint density at radius 2 is 1.09 bits per heavy atom. The first kappa shape index (κ1) is 40.2. The minimum absolute atomic E-state index is 0.00560. The maximum absolute atomic E-state index is 6.67. The van der Waals surface area contributed by atoms with Crippen LogP contribution < -0.4 is 25.6 Å². The number of aromatic nitrogens is 2. The number of hydrogen-bond acceptors (Lipinski definition) is 2. The van der Waals surface area contributed by atoms with Gasteiger partial charge in [0.2, 0.25) is 0 Å². The van der Waals surface area contributed by atoms with Crippen LogP contribution in [0, 0.1) is 0 Å². The quantitative estimate of drug-likeness (QED) is 0.118. The van der Waals surface area contributed by atoms with Crippen LogP contribution in [0.4, 0.5) is 11.4 Å². The van der Waals surface area contributed by atoms with Crippen LogP contribution in [0.5, 0.6) is 0 Å². The second kappa shape index (κ2) is 15.1. The monoisotopic (exact) mass is 905 g/mol. The summed E-state index contributed by atoms with van der Waals surface area (Å²) >= 11 is 0. The molecular formula is C64H51N3OSi. The van der Waals surface area contributed by atoms with Crippen molar-refractivity contribution >= 4 is 94.8 Å². The van der Waals surface area contributed by atoms with Gasteiger partial charge in [0.15, 0.2) is 8.07 Å². The molecule has 1 aliphatic heterocycles. The van der Waals surface area contributed by atoms with Crippen molar-refractivity contribution in [3.63, 3.8) is 0 Å². The molecule has 1 fully saturated rings. The largest absolute Gasteiger partial charge is 0.456 e. The van der Waals surface area contributed by atoms with Gasteiger partial charge in [-0.3, -0.25) is 0 Å². The van der Waals surface area contributed by atoms with Crippen molar-refractivity contribution < 1.29 is 4.42 Å². The van der Waals surface area contributed by atoms with Crippen molar-refractivity contribution in [2.24, 2.45) is 0 Å². The second-order valence-electron chi connectivity index (χ2n) is 20.0. The predicted molar refractivity (Wildman–Crippen MR) is 291 cm³/mol. The van der Waals surface area contributed by atoms with Gasteiger partial charge in [0.05, 0.1) is 22.1 Å². The normalized spacial score (nSPS) is 18.1. The maximum atomic E-state index is 6.67. The van der Waals surface area contributed by atoms with Gasteiger partial charge in [-0.15, -0.1) is 0 Å². The summed E-state index contributed by atoms with van der Waals surface area (Å²) in [5.74, 6) is 0. The van der Waals surface area contributed by atoms with E-state index in [1.54, 1.807) is 0 Å². The number of anilines is 2. The highest BCUT2D eigenvalue weighted by molar-refractivity contribution is 7.19. The Labute approximate surface area is 403 Å². The Bertz CT molecular complexity index is 3860. The molecule has 0 amide bonds. The molecule has 5 heteroatoms. The molecule has 14 rings (SSSR count). The van der Waals surface area contributed by atoms with Gasteiger partial charge >= 0.3 is 0 Å². The first-order valence-electron chi connectivity index (χ1n) is 24.6. The molecule has 0 bridgehead atoms. The van der Waals surface area contributed by atoms with Crippen LogP contribution in [0.1, 0.15) is 45.1 Å². The van der Waals surface area contributed by atoms with E-state index < -0.39 is 8.07 Å². The number of rotatable bonds is 7. The number of fused-ring (bicyclic) bond motifs is 10. The van der Waals surface area contributed by atoms with Gasteiger partial charge in [0.25, 0.3) is 0 Å². The molecule has 69 heavy (non-hydrogen) atoms. The molecule has 4 nitrogen and oxygen atoms in total. The summed E-state index contributed by atoms with van der Waals surface area (Å²) in [4.78, 5) is 2.74. The lowest BCUT2D eigenvalue weighted by atomic mass is 9.61. The van der Waals surface area contributed by atoms with E-state index in [9.17, 15) is 0 Å². The van der Waals surface area contributed by atoms with Crippen LogP contribution in [0.3, 0.4) is 0 Å². The van der Waals surface area contributed by atoms with E-state index in [1.807, 2.05) is 0 Å². The van der Waals surface area contributed by atoms with Crippen LogP contribution in [-0.2, 0) is 5.41 Å². The highest BCUT2D eigenvalue weighted by Gasteiger charge is 2.57. The van der Waals surface area contributed by atoms with E-state index >= 15 is 0 Å². The van der Waals surface area contributed by atoms with Crippen LogP contribution in [0.2, 0.25) is 0 Å². The third kappa shape index (κ3) is 5.68. The Morgan fingerprint density at radius 1 is 0.435 bits per heavy atom. The lowest BCUT2D eigenvalue weighted by Gasteiger charge is -2.50. The van der Waals surface area contributed by atoms with Crippen LogP contribution in [0.15, 0.2) is 229 Å². The maximum Gasteiger partial charge on any atom is 0.179 e. The predicted octanol–water partition coefficient (Wildman–Crippen LogP) is 13.7. The summed E-state index contributed by atoms with van der Waals surface area (Å²) in [7, 11) is -2.82. The molecule has 0 radical (unpaired) electrons. The molecule has 2 atom stereocenters. The molecular weight excluding hydrogens is 855 g/mol. The highest BCUT2D eigenvalue weighted by atomic mass is 28.3. The van der Waals surface area contributed by atoms with E-state index in [0.717, 1.165) is 34.0 Å². The standard InChI is InChI=1S/C64H51N3OSi/c1-63-36-16-17-37-64(63,2)67(60-41-45(31-33-56(60)63)65-38-35-44-19-12-14-29-57(44)65)47-32-34-58-53(40-47)54-43-62-55(52-28-13-15-30-61(52)68-62)42-59(54)66(58)46-20-18-27-51(39-46)69(48-21-6-3-7-22-48,49-23-8-4-9-24-49)50-25-10-5-11-26-50/h3-15,18-35,38-43H,16-17,36-37H2,1-2H3. The van der Waals surface area contributed by atoms with E-state index in [-0.39, 0.29) is 11.0 Å². The minimum Gasteiger partial charge on any atom is -0.456 e. The fourth-order valence-corrected chi connectivity index (χ4v) is 18.0. The summed E-state index contributed by atoms with van der Waals surface area (Å²) in [5.41, 5.74) is 11.6. The van der Waals surface area contributed by atoms with Crippen molar-refractivity contribution in [2.75, 3.05) is 4.90 Å². The number of hydrogen-bond donors (Lipinski definition) is 0. The second-order valence-corrected chi connectivity index (χ2v) is 23.8. The topological polar surface area (TPSA) is 26.2 Å². The van der Waals surface area contributed by atoms with Gasteiger partial charge in [-0.2, -0.15) is 0 Å². The zero-order valence-corrected chi connectivity index (χ0v) is 39.9. The van der Waals surface area contributed by atoms with Gasteiger partial charge < -0.3 is 18.5 Å². The summed E-state index contributed by atoms with van der Waals surface area (Å²) < 4.78 is 11.6. The van der Waals surface area contributed by atoms with Crippen LogP contribution >= 0.6 is 0 Å².